The van der Waals surface area contributed by atoms with Crippen LogP contribution < -0.4 is 0 Å². The number of likely N-dealkylation sites (tertiary alicyclic amines) is 1. The van der Waals surface area contributed by atoms with Gasteiger partial charge < -0.3 is 9.64 Å². The van der Waals surface area contributed by atoms with Crippen molar-refractivity contribution in [1.29, 1.82) is 0 Å². The molecule has 1 saturated heterocycles. The molecular weight excluding hydrogens is 378 g/mol. The van der Waals surface area contributed by atoms with Crippen molar-refractivity contribution in [3.05, 3.63) is 71.8 Å². The highest BCUT2D eigenvalue weighted by atomic mass is 16.5. The summed E-state index contributed by atoms with van der Waals surface area (Å²) in [6, 6.07) is 19.6. The molecule has 5 nitrogen and oxygen atoms in total. The van der Waals surface area contributed by atoms with E-state index in [1.807, 2.05) is 65.6 Å². The number of ether oxygens (including phenoxy) is 1. The molecule has 2 fully saturated rings. The molecule has 1 saturated carbocycles. The largest absolute Gasteiger partial charge is 0.466 e. The quantitative estimate of drug-likeness (QED) is 0.714. The van der Waals surface area contributed by atoms with Crippen molar-refractivity contribution < 1.29 is 19.1 Å². The van der Waals surface area contributed by atoms with E-state index in [1.165, 1.54) is 0 Å². The minimum atomic E-state index is -0.738. The van der Waals surface area contributed by atoms with Crippen LogP contribution in [0.2, 0.25) is 0 Å². The van der Waals surface area contributed by atoms with Crippen LogP contribution in [-0.4, -0.2) is 35.7 Å². The van der Waals surface area contributed by atoms with Crippen molar-refractivity contribution in [3.63, 3.8) is 0 Å². The van der Waals surface area contributed by atoms with E-state index in [9.17, 15) is 14.4 Å². The molecule has 0 aromatic heterocycles. The number of nitrogens with zero attached hydrogens (tertiary/aromatic N) is 1. The number of esters is 1. The molecule has 2 aromatic carbocycles. The first-order valence-corrected chi connectivity index (χ1v) is 10.6. The first-order chi connectivity index (χ1) is 14.5. The molecule has 156 valence electrons. The Labute approximate surface area is 177 Å². The highest BCUT2D eigenvalue weighted by Crippen LogP contribution is 2.51. The molecule has 30 heavy (non-hydrogen) atoms. The zero-order valence-electron chi connectivity index (χ0n) is 17.3. The summed E-state index contributed by atoms with van der Waals surface area (Å²) in [7, 11) is 0. The van der Waals surface area contributed by atoms with Gasteiger partial charge in [0.15, 0.2) is 0 Å². The number of carbonyl (C=O) groups is 3. The Morgan fingerprint density at radius 2 is 1.73 bits per heavy atom. The Balaban J connectivity index is 1.74. The molecule has 2 aromatic rings. The van der Waals surface area contributed by atoms with Gasteiger partial charge in [0, 0.05) is 31.3 Å². The molecule has 3 atom stereocenters. The molecule has 1 aliphatic carbocycles. The number of hydrogen-bond acceptors (Lipinski definition) is 4. The van der Waals surface area contributed by atoms with E-state index in [-0.39, 0.29) is 24.7 Å². The predicted molar refractivity (Wildman–Crippen MR) is 112 cm³/mol. The molecule has 0 bridgehead atoms. The minimum Gasteiger partial charge on any atom is -0.466 e. The van der Waals surface area contributed by atoms with Crippen molar-refractivity contribution in [2.75, 3.05) is 13.2 Å². The smallest absolute Gasteiger partial charge is 0.310 e. The van der Waals surface area contributed by atoms with Crippen molar-refractivity contribution >= 4 is 17.7 Å². The lowest BCUT2D eigenvalue weighted by Gasteiger charge is -2.51. The topological polar surface area (TPSA) is 63.7 Å². The second-order valence-corrected chi connectivity index (χ2v) is 8.27. The van der Waals surface area contributed by atoms with Crippen LogP contribution in [0.1, 0.15) is 37.3 Å². The second-order valence-electron chi connectivity index (χ2n) is 8.27. The number of ketones is 1. The van der Waals surface area contributed by atoms with Gasteiger partial charge in [-0.2, -0.15) is 0 Å². The van der Waals surface area contributed by atoms with Gasteiger partial charge in [0.25, 0.3) is 0 Å². The van der Waals surface area contributed by atoms with Gasteiger partial charge >= 0.3 is 5.97 Å². The number of amides is 1. The number of fused-ring (bicyclic) bond motifs is 1. The van der Waals surface area contributed by atoms with E-state index in [0.29, 0.717) is 25.9 Å². The van der Waals surface area contributed by atoms with Gasteiger partial charge in [-0.1, -0.05) is 60.7 Å². The van der Waals surface area contributed by atoms with E-state index >= 15 is 0 Å². The Bertz CT molecular complexity index is 927. The third-order valence-electron chi connectivity index (χ3n) is 6.52. The average Bonchev–Trinajstić information content (AvgIpc) is 2.76. The minimum absolute atomic E-state index is 0.0254. The van der Waals surface area contributed by atoms with Gasteiger partial charge in [-0.15, -0.1) is 0 Å². The van der Waals surface area contributed by atoms with E-state index in [1.54, 1.807) is 6.92 Å². The van der Waals surface area contributed by atoms with Crippen LogP contribution >= 0.6 is 0 Å². The van der Waals surface area contributed by atoms with Crippen LogP contribution in [-0.2, 0) is 31.1 Å². The molecule has 1 heterocycles. The van der Waals surface area contributed by atoms with Gasteiger partial charge in [0.1, 0.15) is 5.78 Å². The van der Waals surface area contributed by atoms with Gasteiger partial charge in [0.05, 0.1) is 18.4 Å². The summed E-state index contributed by atoms with van der Waals surface area (Å²) in [5, 5.41) is 0. The SMILES string of the molecule is CCOC(=O)C1CC(=O)CC2(c3ccccc3)CCN(Cc3ccccc3)C(=O)C12. The van der Waals surface area contributed by atoms with Crippen molar-refractivity contribution in [2.24, 2.45) is 11.8 Å². The second kappa shape index (κ2) is 8.42. The van der Waals surface area contributed by atoms with E-state index < -0.39 is 23.2 Å². The molecule has 4 rings (SSSR count). The van der Waals surface area contributed by atoms with E-state index in [2.05, 4.69) is 0 Å². The Hall–Kier alpha value is -2.95. The fourth-order valence-corrected chi connectivity index (χ4v) is 5.20. The highest BCUT2D eigenvalue weighted by Gasteiger charge is 2.58. The summed E-state index contributed by atoms with van der Waals surface area (Å²) in [6.07, 6.45) is 1.02. The van der Waals surface area contributed by atoms with Crippen molar-refractivity contribution in [1.82, 2.24) is 4.90 Å². The van der Waals surface area contributed by atoms with Crippen LogP contribution in [0.4, 0.5) is 0 Å². The lowest BCUT2D eigenvalue weighted by Crippen LogP contribution is -2.60. The lowest BCUT2D eigenvalue weighted by atomic mass is 9.55. The third-order valence-corrected chi connectivity index (χ3v) is 6.52. The number of benzene rings is 2. The van der Waals surface area contributed by atoms with Crippen molar-refractivity contribution in [3.8, 4) is 0 Å². The van der Waals surface area contributed by atoms with Gasteiger partial charge in [-0.25, -0.2) is 0 Å². The molecular formula is C25H27NO4. The predicted octanol–water partition coefficient (Wildman–Crippen LogP) is 3.52. The van der Waals surface area contributed by atoms with Crippen LogP contribution in [0.3, 0.4) is 0 Å². The zero-order valence-corrected chi connectivity index (χ0v) is 17.3. The van der Waals surface area contributed by atoms with Crippen LogP contribution in [0.5, 0.6) is 0 Å². The number of hydrogen-bond donors (Lipinski definition) is 0. The van der Waals surface area contributed by atoms with Crippen LogP contribution in [0.15, 0.2) is 60.7 Å². The third kappa shape index (κ3) is 3.64. The average molecular weight is 405 g/mol. The maximum atomic E-state index is 13.8. The molecule has 0 spiro atoms. The van der Waals surface area contributed by atoms with E-state index in [0.717, 1.165) is 11.1 Å². The molecule has 1 aliphatic heterocycles. The normalized spacial score (nSPS) is 26.2. The summed E-state index contributed by atoms with van der Waals surface area (Å²) in [4.78, 5) is 41.2. The molecule has 2 aliphatic rings. The number of piperidine rings is 1. The van der Waals surface area contributed by atoms with E-state index in [4.69, 9.17) is 4.74 Å². The maximum absolute atomic E-state index is 13.8. The standard InChI is InChI=1S/C25H27NO4/c1-2-30-24(29)21-15-20(27)16-25(19-11-7-4-8-12-19)13-14-26(23(28)22(21)25)17-18-9-5-3-6-10-18/h3-12,21-22H,2,13-17H2,1H3. The van der Waals surface area contributed by atoms with Crippen LogP contribution in [0, 0.1) is 11.8 Å². The summed E-state index contributed by atoms with van der Waals surface area (Å²) in [5.74, 6) is -1.80. The Morgan fingerprint density at radius 3 is 2.40 bits per heavy atom. The maximum Gasteiger partial charge on any atom is 0.310 e. The molecule has 0 radical (unpaired) electrons. The number of rotatable bonds is 5. The summed E-state index contributed by atoms with van der Waals surface area (Å²) in [5.41, 5.74) is 1.36. The first-order valence-electron chi connectivity index (χ1n) is 10.6. The van der Waals surface area contributed by atoms with Gasteiger partial charge in [-0.3, -0.25) is 14.4 Å². The fourth-order valence-electron chi connectivity index (χ4n) is 5.20. The molecule has 0 N–H and O–H groups in total. The number of Topliss-reactive ketones (excluding diaryl/α,β-unsaturated/α-hetero) is 1. The molecule has 5 heteroatoms. The summed E-state index contributed by atoms with van der Waals surface area (Å²) < 4.78 is 5.30. The fraction of sp³-hybridized carbons (Fsp3) is 0.400. The summed E-state index contributed by atoms with van der Waals surface area (Å²) >= 11 is 0. The highest BCUT2D eigenvalue weighted by molar-refractivity contribution is 5.95. The van der Waals surface area contributed by atoms with Crippen LogP contribution in [0.25, 0.3) is 0 Å². The Kier molecular flexibility index (Phi) is 5.71. The lowest BCUT2D eigenvalue weighted by molar-refractivity contribution is -0.166. The Morgan fingerprint density at radius 1 is 1.07 bits per heavy atom. The molecule has 3 unspecified atom stereocenters. The number of carbonyl (C=O) groups excluding carboxylic acids is 3. The first kappa shape index (κ1) is 20.3. The zero-order chi connectivity index (χ0) is 21.1. The van der Waals surface area contributed by atoms with Gasteiger partial charge in [-0.05, 0) is 24.5 Å². The van der Waals surface area contributed by atoms with Crippen molar-refractivity contribution in [2.45, 2.75) is 38.1 Å². The van der Waals surface area contributed by atoms with Gasteiger partial charge in [0.2, 0.25) is 5.91 Å². The summed E-state index contributed by atoms with van der Waals surface area (Å²) in [6.45, 7) is 3.04. The molecule has 1 amide bonds. The monoisotopic (exact) mass is 405 g/mol.